The van der Waals surface area contributed by atoms with E-state index in [1.165, 1.54) is 6.07 Å². The third kappa shape index (κ3) is 3.23. The Morgan fingerprint density at radius 3 is 2.58 bits per heavy atom. The zero-order valence-electron chi connectivity index (χ0n) is 9.75. The van der Waals surface area contributed by atoms with Crippen LogP contribution in [0.1, 0.15) is 15.9 Å². The Morgan fingerprint density at radius 2 is 1.95 bits per heavy atom. The quantitative estimate of drug-likeness (QED) is 0.932. The van der Waals surface area contributed by atoms with Gasteiger partial charge in [0, 0.05) is 17.3 Å². The van der Waals surface area contributed by atoms with Crippen molar-refractivity contribution in [2.75, 3.05) is 0 Å². The molecular formula is C13H10FNO3S. The van der Waals surface area contributed by atoms with Crippen LogP contribution in [0.15, 0.2) is 47.6 Å². The van der Waals surface area contributed by atoms with E-state index in [1.54, 1.807) is 24.5 Å². The number of carbonyl (C=O) groups is 1. The third-order valence-electron chi connectivity index (χ3n) is 2.48. The molecule has 0 saturated heterocycles. The predicted octanol–water partition coefficient (Wildman–Crippen LogP) is 2.23. The Bertz CT molecular complexity index is 631. The smallest absolute Gasteiger partial charge is 0.338 e. The van der Waals surface area contributed by atoms with E-state index in [-0.39, 0.29) is 10.6 Å². The van der Waals surface area contributed by atoms with Gasteiger partial charge in [0.1, 0.15) is 5.82 Å². The summed E-state index contributed by atoms with van der Waals surface area (Å²) >= 11 is 0. The van der Waals surface area contributed by atoms with Crippen LogP contribution >= 0.6 is 0 Å². The SMILES string of the molecule is O=C(O)c1cc(S(=O)Cc2ccncc2)ccc1F. The van der Waals surface area contributed by atoms with Gasteiger partial charge in [0.15, 0.2) is 0 Å². The van der Waals surface area contributed by atoms with Crippen LogP contribution in [0.4, 0.5) is 4.39 Å². The van der Waals surface area contributed by atoms with Gasteiger partial charge in [0.05, 0.1) is 22.1 Å². The zero-order chi connectivity index (χ0) is 13.8. The molecule has 1 unspecified atom stereocenters. The zero-order valence-corrected chi connectivity index (χ0v) is 10.6. The fourth-order valence-electron chi connectivity index (χ4n) is 1.52. The second-order valence-corrected chi connectivity index (χ2v) is 5.24. The molecule has 1 atom stereocenters. The summed E-state index contributed by atoms with van der Waals surface area (Å²) in [6, 6.07) is 6.90. The monoisotopic (exact) mass is 279 g/mol. The van der Waals surface area contributed by atoms with E-state index < -0.39 is 28.1 Å². The number of benzene rings is 1. The van der Waals surface area contributed by atoms with E-state index >= 15 is 0 Å². The van der Waals surface area contributed by atoms with Gasteiger partial charge in [-0.15, -0.1) is 0 Å². The summed E-state index contributed by atoms with van der Waals surface area (Å²) in [6.45, 7) is 0. The highest BCUT2D eigenvalue weighted by Crippen LogP contribution is 2.16. The van der Waals surface area contributed by atoms with E-state index in [0.717, 1.165) is 17.7 Å². The number of aromatic nitrogens is 1. The minimum Gasteiger partial charge on any atom is -0.478 e. The number of pyridine rings is 1. The fraction of sp³-hybridized carbons (Fsp3) is 0.0769. The Hall–Kier alpha value is -2.08. The van der Waals surface area contributed by atoms with Crippen LogP contribution in [-0.2, 0) is 16.6 Å². The lowest BCUT2D eigenvalue weighted by Gasteiger charge is -2.04. The third-order valence-corrected chi connectivity index (χ3v) is 3.85. The van der Waals surface area contributed by atoms with Crippen molar-refractivity contribution < 1.29 is 18.5 Å². The fourth-order valence-corrected chi connectivity index (χ4v) is 2.65. The predicted molar refractivity (Wildman–Crippen MR) is 67.7 cm³/mol. The molecule has 0 saturated carbocycles. The lowest BCUT2D eigenvalue weighted by molar-refractivity contribution is 0.0691. The molecule has 98 valence electrons. The molecule has 4 nitrogen and oxygen atoms in total. The number of aromatic carboxylic acids is 1. The number of halogens is 1. The molecule has 1 aromatic carbocycles. The highest BCUT2D eigenvalue weighted by Gasteiger charge is 2.13. The van der Waals surface area contributed by atoms with Gasteiger partial charge in [-0.2, -0.15) is 0 Å². The van der Waals surface area contributed by atoms with E-state index in [0.29, 0.717) is 0 Å². The molecule has 0 bridgehead atoms. The van der Waals surface area contributed by atoms with Gasteiger partial charge in [-0.3, -0.25) is 9.19 Å². The Labute approximate surface area is 111 Å². The van der Waals surface area contributed by atoms with Crippen molar-refractivity contribution in [2.24, 2.45) is 0 Å². The number of rotatable bonds is 4. The highest BCUT2D eigenvalue weighted by atomic mass is 32.2. The van der Waals surface area contributed by atoms with Gasteiger partial charge >= 0.3 is 5.97 Å². The standard InChI is InChI=1S/C13H10FNO3S/c14-12-2-1-10(7-11(12)13(16)17)19(18)8-9-3-5-15-6-4-9/h1-7H,8H2,(H,16,17). The molecule has 0 spiro atoms. The summed E-state index contributed by atoms with van der Waals surface area (Å²) in [4.78, 5) is 14.9. The number of carboxylic acid groups (broad SMARTS) is 1. The maximum atomic E-state index is 13.2. The first kappa shape index (κ1) is 13.4. The van der Waals surface area contributed by atoms with Gasteiger partial charge in [-0.25, -0.2) is 9.18 Å². The normalized spacial score (nSPS) is 12.1. The van der Waals surface area contributed by atoms with Gasteiger partial charge in [-0.05, 0) is 35.9 Å². The first-order chi connectivity index (χ1) is 9.08. The number of hydrogen-bond acceptors (Lipinski definition) is 3. The topological polar surface area (TPSA) is 67.3 Å². The molecule has 1 N–H and O–H groups in total. The van der Waals surface area contributed by atoms with Crippen LogP contribution in [0.5, 0.6) is 0 Å². The minimum absolute atomic E-state index is 0.229. The van der Waals surface area contributed by atoms with Crippen LogP contribution in [0.3, 0.4) is 0 Å². The molecule has 2 rings (SSSR count). The first-order valence-electron chi connectivity index (χ1n) is 5.38. The van der Waals surface area contributed by atoms with Crippen molar-refractivity contribution in [1.29, 1.82) is 0 Å². The van der Waals surface area contributed by atoms with E-state index in [1.807, 2.05) is 0 Å². The van der Waals surface area contributed by atoms with Crippen LogP contribution in [0.2, 0.25) is 0 Å². The molecular weight excluding hydrogens is 269 g/mol. The lowest BCUT2D eigenvalue weighted by Crippen LogP contribution is -2.04. The maximum absolute atomic E-state index is 13.2. The van der Waals surface area contributed by atoms with Gasteiger partial charge in [-0.1, -0.05) is 0 Å². The summed E-state index contributed by atoms with van der Waals surface area (Å²) in [5.74, 6) is -1.98. The van der Waals surface area contributed by atoms with E-state index in [9.17, 15) is 13.4 Å². The van der Waals surface area contributed by atoms with Crippen LogP contribution < -0.4 is 0 Å². The molecule has 2 aromatic rings. The van der Waals surface area contributed by atoms with Crippen molar-refractivity contribution in [3.05, 3.63) is 59.7 Å². The van der Waals surface area contributed by atoms with Crippen molar-refractivity contribution in [3.63, 3.8) is 0 Å². The number of nitrogens with zero attached hydrogens (tertiary/aromatic N) is 1. The van der Waals surface area contributed by atoms with E-state index in [4.69, 9.17) is 5.11 Å². The second kappa shape index (κ2) is 5.71. The molecule has 0 aliphatic carbocycles. The Balaban J connectivity index is 2.25. The van der Waals surface area contributed by atoms with Crippen LogP contribution in [-0.4, -0.2) is 20.3 Å². The van der Waals surface area contributed by atoms with Crippen molar-refractivity contribution >= 4 is 16.8 Å². The molecule has 0 amide bonds. The van der Waals surface area contributed by atoms with Crippen molar-refractivity contribution in [3.8, 4) is 0 Å². The minimum atomic E-state index is -1.43. The average Bonchev–Trinajstić information content (AvgIpc) is 2.40. The molecule has 1 aromatic heterocycles. The average molecular weight is 279 g/mol. The molecule has 0 aliphatic rings. The van der Waals surface area contributed by atoms with Gasteiger partial charge in [0.25, 0.3) is 0 Å². The van der Waals surface area contributed by atoms with Gasteiger partial charge in [0.2, 0.25) is 0 Å². The molecule has 0 aliphatic heterocycles. The summed E-state index contributed by atoms with van der Waals surface area (Å²) in [5.41, 5.74) is 0.343. The Kier molecular flexibility index (Phi) is 4.01. The van der Waals surface area contributed by atoms with Crippen molar-refractivity contribution in [1.82, 2.24) is 4.98 Å². The largest absolute Gasteiger partial charge is 0.478 e. The summed E-state index contributed by atoms with van der Waals surface area (Å²) in [7, 11) is -1.43. The summed E-state index contributed by atoms with van der Waals surface area (Å²) in [5, 5.41) is 8.81. The first-order valence-corrected chi connectivity index (χ1v) is 6.70. The molecule has 0 radical (unpaired) electrons. The molecule has 19 heavy (non-hydrogen) atoms. The maximum Gasteiger partial charge on any atom is 0.338 e. The van der Waals surface area contributed by atoms with Crippen LogP contribution in [0.25, 0.3) is 0 Å². The lowest BCUT2D eigenvalue weighted by atomic mass is 10.2. The summed E-state index contributed by atoms with van der Waals surface area (Å²) in [6.07, 6.45) is 3.17. The molecule has 0 fully saturated rings. The second-order valence-electron chi connectivity index (χ2n) is 3.79. The summed E-state index contributed by atoms with van der Waals surface area (Å²) < 4.78 is 25.3. The van der Waals surface area contributed by atoms with E-state index in [2.05, 4.69) is 4.98 Å². The van der Waals surface area contributed by atoms with Gasteiger partial charge < -0.3 is 5.11 Å². The molecule has 6 heteroatoms. The number of hydrogen-bond donors (Lipinski definition) is 1. The van der Waals surface area contributed by atoms with Crippen LogP contribution in [0, 0.1) is 5.82 Å². The highest BCUT2D eigenvalue weighted by molar-refractivity contribution is 7.84. The van der Waals surface area contributed by atoms with Crippen molar-refractivity contribution in [2.45, 2.75) is 10.6 Å². The number of carboxylic acids is 1. The Morgan fingerprint density at radius 1 is 1.26 bits per heavy atom. The molecule has 1 heterocycles.